The molecule has 1 aliphatic rings. The lowest BCUT2D eigenvalue weighted by atomic mass is 9.89. The fourth-order valence-electron chi connectivity index (χ4n) is 2.66. The Morgan fingerprint density at radius 1 is 1.50 bits per heavy atom. The molecule has 22 heavy (non-hydrogen) atoms. The van der Waals surface area contributed by atoms with Gasteiger partial charge in [0.1, 0.15) is 6.04 Å². The van der Waals surface area contributed by atoms with Crippen molar-refractivity contribution in [2.75, 3.05) is 19.7 Å². The van der Waals surface area contributed by atoms with Crippen LogP contribution >= 0.6 is 11.3 Å². The zero-order chi connectivity index (χ0) is 16.2. The van der Waals surface area contributed by atoms with Gasteiger partial charge in [0.25, 0.3) is 5.91 Å². The number of nitrogens with one attached hydrogen (secondary N) is 1. The normalized spacial score (nSPS) is 18.5. The van der Waals surface area contributed by atoms with Crippen LogP contribution in [-0.4, -0.2) is 47.6 Å². The van der Waals surface area contributed by atoms with Crippen molar-refractivity contribution in [3.05, 3.63) is 22.4 Å². The molecule has 0 unspecified atom stereocenters. The second kappa shape index (κ2) is 7.24. The number of hydrogen-bond acceptors (Lipinski definition) is 4. The summed E-state index contributed by atoms with van der Waals surface area (Å²) >= 11 is 1.41. The molecule has 1 aromatic heterocycles. The zero-order valence-corrected chi connectivity index (χ0v) is 14.0. The molecule has 2 N–H and O–H groups in total. The number of thiophene rings is 1. The van der Waals surface area contributed by atoms with Crippen molar-refractivity contribution in [1.29, 1.82) is 0 Å². The number of carbonyl (C=O) groups is 2. The van der Waals surface area contributed by atoms with Crippen LogP contribution in [0.3, 0.4) is 0 Å². The van der Waals surface area contributed by atoms with Crippen molar-refractivity contribution in [2.45, 2.75) is 39.2 Å². The van der Waals surface area contributed by atoms with Crippen LogP contribution in [0.2, 0.25) is 0 Å². The van der Waals surface area contributed by atoms with Gasteiger partial charge in [-0.05, 0) is 36.1 Å². The number of carbonyl (C=O) groups excluding carboxylic acids is 2. The van der Waals surface area contributed by atoms with E-state index in [1.807, 2.05) is 25.3 Å². The number of likely N-dealkylation sites (tertiary alicyclic amines) is 1. The number of amides is 2. The molecule has 1 atom stereocenters. The van der Waals surface area contributed by atoms with Crippen LogP contribution in [-0.2, 0) is 4.79 Å². The molecular weight excluding hydrogens is 300 g/mol. The molecule has 6 heteroatoms. The molecule has 122 valence electrons. The van der Waals surface area contributed by atoms with Crippen LogP contribution in [0.5, 0.6) is 0 Å². The topological polar surface area (TPSA) is 69.6 Å². The van der Waals surface area contributed by atoms with E-state index in [1.165, 1.54) is 11.3 Å². The molecule has 5 nitrogen and oxygen atoms in total. The van der Waals surface area contributed by atoms with Crippen LogP contribution in [0.1, 0.15) is 42.8 Å². The molecular formula is C16H24N2O3S. The summed E-state index contributed by atoms with van der Waals surface area (Å²) in [5.41, 5.74) is -0.147. The van der Waals surface area contributed by atoms with Crippen molar-refractivity contribution in [1.82, 2.24) is 10.2 Å². The molecule has 2 rings (SSSR count). The van der Waals surface area contributed by atoms with Crippen LogP contribution in [0.25, 0.3) is 0 Å². The van der Waals surface area contributed by atoms with Crippen molar-refractivity contribution < 1.29 is 14.7 Å². The third-order valence-corrected chi connectivity index (χ3v) is 4.94. The molecule has 0 spiro atoms. The van der Waals surface area contributed by atoms with E-state index in [2.05, 4.69) is 5.32 Å². The number of rotatable bonds is 6. The summed E-state index contributed by atoms with van der Waals surface area (Å²) in [5.74, 6) is -0.143. The first-order chi connectivity index (χ1) is 10.4. The van der Waals surface area contributed by atoms with Gasteiger partial charge in [0.15, 0.2) is 0 Å². The van der Waals surface area contributed by atoms with Crippen molar-refractivity contribution in [3.8, 4) is 0 Å². The van der Waals surface area contributed by atoms with E-state index < -0.39 is 0 Å². The minimum atomic E-state index is -0.375. The maximum atomic E-state index is 12.4. The van der Waals surface area contributed by atoms with Gasteiger partial charge < -0.3 is 15.3 Å². The highest BCUT2D eigenvalue weighted by Crippen LogP contribution is 2.23. The molecule has 2 amide bonds. The summed E-state index contributed by atoms with van der Waals surface area (Å²) in [6, 6.07) is 3.27. The second-order valence-corrected chi connectivity index (χ2v) is 7.44. The smallest absolute Gasteiger partial charge is 0.264 e. The van der Waals surface area contributed by atoms with Gasteiger partial charge in [-0.3, -0.25) is 9.59 Å². The van der Waals surface area contributed by atoms with E-state index in [-0.39, 0.29) is 29.9 Å². The van der Waals surface area contributed by atoms with E-state index in [1.54, 1.807) is 11.0 Å². The lowest BCUT2D eigenvalue weighted by Crippen LogP contribution is -2.47. The Balaban J connectivity index is 1.95. The Hall–Kier alpha value is -1.40. The SMILES string of the molecule is CC(C)(CCO)CNC(=O)[C@@H]1CCCN1C(=O)c1cccs1. The molecule has 0 saturated carbocycles. The highest BCUT2D eigenvalue weighted by molar-refractivity contribution is 7.12. The molecule has 2 heterocycles. The number of nitrogens with zero attached hydrogens (tertiary/aromatic N) is 1. The van der Waals surface area contributed by atoms with Gasteiger partial charge in [0.05, 0.1) is 4.88 Å². The van der Waals surface area contributed by atoms with Crippen molar-refractivity contribution in [2.24, 2.45) is 5.41 Å². The summed E-state index contributed by atoms with van der Waals surface area (Å²) < 4.78 is 0. The Morgan fingerprint density at radius 2 is 2.27 bits per heavy atom. The number of aliphatic hydroxyl groups excluding tert-OH is 1. The summed E-state index contributed by atoms with van der Waals surface area (Å²) in [6.45, 7) is 5.26. The summed E-state index contributed by atoms with van der Waals surface area (Å²) in [5, 5.41) is 13.8. The first kappa shape index (κ1) is 17.0. The van der Waals surface area contributed by atoms with Gasteiger partial charge in [-0.25, -0.2) is 0 Å². The maximum Gasteiger partial charge on any atom is 0.264 e. The Kier molecular flexibility index (Phi) is 5.58. The van der Waals surface area contributed by atoms with Gasteiger partial charge >= 0.3 is 0 Å². The third kappa shape index (κ3) is 4.08. The molecule has 1 aromatic rings. The highest BCUT2D eigenvalue weighted by atomic mass is 32.1. The van der Waals surface area contributed by atoms with Gasteiger partial charge in [0.2, 0.25) is 5.91 Å². The predicted molar refractivity (Wildman–Crippen MR) is 86.9 cm³/mol. The van der Waals surface area contributed by atoms with Crippen LogP contribution in [0.15, 0.2) is 17.5 Å². The standard InChI is InChI=1S/C16H24N2O3S/c1-16(2,7-9-19)11-17-14(20)12-5-3-8-18(12)15(21)13-6-4-10-22-13/h4,6,10,12,19H,3,5,7-9,11H2,1-2H3,(H,17,20)/t12-/m0/s1. The van der Waals surface area contributed by atoms with E-state index in [0.29, 0.717) is 30.8 Å². The quantitative estimate of drug-likeness (QED) is 0.839. The Labute approximate surface area is 135 Å². The molecule has 0 aliphatic carbocycles. The Bertz CT molecular complexity index is 513. The zero-order valence-electron chi connectivity index (χ0n) is 13.2. The molecule has 1 aliphatic heterocycles. The van der Waals surface area contributed by atoms with Gasteiger partial charge in [-0.15, -0.1) is 11.3 Å². The minimum absolute atomic E-state index is 0.0535. The fourth-order valence-corrected chi connectivity index (χ4v) is 3.34. The predicted octanol–water partition coefficient (Wildman–Crippen LogP) is 1.88. The fraction of sp³-hybridized carbons (Fsp3) is 0.625. The van der Waals surface area contributed by atoms with Gasteiger partial charge in [-0.1, -0.05) is 19.9 Å². The van der Waals surface area contributed by atoms with E-state index in [4.69, 9.17) is 5.11 Å². The van der Waals surface area contributed by atoms with Crippen molar-refractivity contribution >= 4 is 23.2 Å². The van der Waals surface area contributed by atoms with E-state index in [0.717, 1.165) is 6.42 Å². The van der Waals surface area contributed by atoms with Crippen LogP contribution in [0.4, 0.5) is 0 Å². The molecule has 0 aromatic carbocycles. The molecule has 1 saturated heterocycles. The van der Waals surface area contributed by atoms with Gasteiger partial charge in [0, 0.05) is 19.7 Å². The highest BCUT2D eigenvalue weighted by Gasteiger charge is 2.35. The number of hydrogen-bond donors (Lipinski definition) is 2. The first-order valence-electron chi connectivity index (χ1n) is 7.68. The average molecular weight is 324 g/mol. The minimum Gasteiger partial charge on any atom is -0.396 e. The molecule has 0 bridgehead atoms. The first-order valence-corrected chi connectivity index (χ1v) is 8.55. The van der Waals surface area contributed by atoms with E-state index in [9.17, 15) is 9.59 Å². The van der Waals surface area contributed by atoms with Crippen LogP contribution < -0.4 is 5.32 Å². The molecule has 0 radical (unpaired) electrons. The maximum absolute atomic E-state index is 12.4. The number of aliphatic hydroxyl groups is 1. The average Bonchev–Trinajstić information content (AvgIpc) is 3.15. The van der Waals surface area contributed by atoms with E-state index >= 15 is 0 Å². The van der Waals surface area contributed by atoms with Crippen LogP contribution in [0, 0.1) is 5.41 Å². The van der Waals surface area contributed by atoms with Gasteiger partial charge in [-0.2, -0.15) is 0 Å². The second-order valence-electron chi connectivity index (χ2n) is 6.49. The van der Waals surface area contributed by atoms with Crippen molar-refractivity contribution in [3.63, 3.8) is 0 Å². The summed E-state index contributed by atoms with van der Waals surface area (Å²) in [6.07, 6.45) is 2.20. The summed E-state index contributed by atoms with van der Waals surface area (Å²) in [4.78, 5) is 27.2. The molecule has 1 fully saturated rings. The largest absolute Gasteiger partial charge is 0.396 e. The third-order valence-electron chi connectivity index (χ3n) is 4.08. The summed E-state index contributed by atoms with van der Waals surface area (Å²) in [7, 11) is 0. The Morgan fingerprint density at radius 3 is 2.91 bits per heavy atom. The lowest BCUT2D eigenvalue weighted by molar-refractivity contribution is -0.125. The monoisotopic (exact) mass is 324 g/mol. The lowest BCUT2D eigenvalue weighted by Gasteiger charge is -2.27.